The van der Waals surface area contributed by atoms with E-state index in [0.717, 1.165) is 17.2 Å². The van der Waals surface area contributed by atoms with Gasteiger partial charge in [-0.25, -0.2) is 0 Å². The molecule has 3 N–H and O–H groups in total. The highest BCUT2D eigenvalue weighted by Gasteiger charge is 2.09. The lowest BCUT2D eigenvalue weighted by molar-refractivity contribution is 0.765. The number of nitriles is 1. The SMILES string of the molecule is Cc1nn(C)c(Nc2ccc(C#N)cc2)c1N. The van der Waals surface area contributed by atoms with Crippen molar-refractivity contribution in [3.05, 3.63) is 35.5 Å². The minimum absolute atomic E-state index is 0.629. The van der Waals surface area contributed by atoms with Crippen LogP contribution in [0.4, 0.5) is 17.2 Å². The molecule has 1 aromatic heterocycles. The van der Waals surface area contributed by atoms with Crippen molar-refractivity contribution in [3.63, 3.8) is 0 Å². The first-order valence-corrected chi connectivity index (χ1v) is 5.18. The minimum atomic E-state index is 0.629. The van der Waals surface area contributed by atoms with Crippen molar-refractivity contribution in [2.75, 3.05) is 11.1 Å². The summed E-state index contributed by atoms with van der Waals surface area (Å²) >= 11 is 0. The first-order chi connectivity index (χ1) is 8.11. The lowest BCUT2D eigenvalue weighted by Crippen LogP contribution is -2.01. The second-order valence-corrected chi connectivity index (χ2v) is 3.79. The van der Waals surface area contributed by atoms with Crippen LogP contribution >= 0.6 is 0 Å². The molecule has 0 saturated carbocycles. The normalized spacial score (nSPS) is 9.94. The van der Waals surface area contributed by atoms with Crippen molar-refractivity contribution in [1.29, 1.82) is 5.26 Å². The maximum atomic E-state index is 8.71. The van der Waals surface area contributed by atoms with Crippen molar-refractivity contribution < 1.29 is 0 Å². The van der Waals surface area contributed by atoms with Gasteiger partial charge in [0.05, 0.1) is 23.0 Å². The van der Waals surface area contributed by atoms with Gasteiger partial charge in [-0.15, -0.1) is 0 Å². The van der Waals surface area contributed by atoms with E-state index in [1.807, 2.05) is 26.1 Å². The Labute approximate surface area is 99.5 Å². The van der Waals surface area contributed by atoms with Crippen LogP contribution in [-0.2, 0) is 7.05 Å². The van der Waals surface area contributed by atoms with Gasteiger partial charge >= 0.3 is 0 Å². The fourth-order valence-corrected chi connectivity index (χ4v) is 1.59. The van der Waals surface area contributed by atoms with Gasteiger partial charge in [0.1, 0.15) is 0 Å². The molecule has 0 aliphatic carbocycles. The molecule has 0 spiro atoms. The quantitative estimate of drug-likeness (QED) is 0.821. The number of aromatic nitrogens is 2. The summed E-state index contributed by atoms with van der Waals surface area (Å²) in [4.78, 5) is 0. The van der Waals surface area contributed by atoms with Gasteiger partial charge < -0.3 is 11.1 Å². The lowest BCUT2D eigenvalue weighted by atomic mass is 10.2. The third-order valence-electron chi connectivity index (χ3n) is 2.55. The van der Waals surface area contributed by atoms with E-state index in [2.05, 4.69) is 16.5 Å². The van der Waals surface area contributed by atoms with E-state index in [1.54, 1.807) is 16.8 Å². The highest BCUT2D eigenvalue weighted by Crippen LogP contribution is 2.25. The van der Waals surface area contributed by atoms with Gasteiger partial charge in [0, 0.05) is 12.7 Å². The summed E-state index contributed by atoms with van der Waals surface area (Å²) in [6.07, 6.45) is 0. The number of hydrogen-bond donors (Lipinski definition) is 2. The number of nitrogen functional groups attached to an aromatic ring is 1. The summed E-state index contributed by atoms with van der Waals surface area (Å²) in [7, 11) is 1.83. The van der Waals surface area contributed by atoms with Crippen molar-refractivity contribution in [1.82, 2.24) is 9.78 Å². The molecule has 0 bridgehead atoms. The molecule has 0 radical (unpaired) electrons. The molecule has 2 aromatic rings. The van der Waals surface area contributed by atoms with Gasteiger partial charge in [-0.05, 0) is 31.2 Å². The largest absolute Gasteiger partial charge is 0.394 e. The predicted molar refractivity (Wildman–Crippen MR) is 66.8 cm³/mol. The Morgan fingerprint density at radius 2 is 2.00 bits per heavy atom. The third-order valence-corrected chi connectivity index (χ3v) is 2.55. The number of aryl methyl sites for hydroxylation is 2. The number of nitrogens with zero attached hydrogens (tertiary/aromatic N) is 3. The van der Waals surface area contributed by atoms with Crippen molar-refractivity contribution in [2.24, 2.45) is 7.05 Å². The summed E-state index contributed by atoms with van der Waals surface area (Å²) < 4.78 is 1.70. The monoisotopic (exact) mass is 227 g/mol. The maximum Gasteiger partial charge on any atom is 0.152 e. The average Bonchev–Trinajstić information content (AvgIpc) is 2.57. The first kappa shape index (κ1) is 11.0. The van der Waals surface area contributed by atoms with E-state index in [4.69, 9.17) is 11.0 Å². The minimum Gasteiger partial charge on any atom is -0.394 e. The highest BCUT2D eigenvalue weighted by atomic mass is 15.3. The number of nitrogens with one attached hydrogen (secondary N) is 1. The van der Waals surface area contributed by atoms with E-state index in [9.17, 15) is 0 Å². The Morgan fingerprint density at radius 3 is 2.47 bits per heavy atom. The van der Waals surface area contributed by atoms with Gasteiger partial charge in [-0.1, -0.05) is 0 Å². The standard InChI is InChI=1S/C12H13N5/c1-8-11(14)12(17(2)16-8)15-10-5-3-9(7-13)4-6-10/h3-6,15H,14H2,1-2H3. The second-order valence-electron chi connectivity index (χ2n) is 3.79. The molecule has 0 aliphatic rings. The molecule has 0 fully saturated rings. The van der Waals surface area contributed by atoms with E-state index >= 15 is 0 Å². The van der Waals surface area contributed by atoms with E-state index in [0.29, 0.717) is 11.3 Å². The Hall–Kier alpha value is -2.48. The number of benzene rings is 1. The Bertz CT molecular complexity index is 574. The molecule has 0 atom stereocenters. The van der Waals surface area contributed by atoms with Crippen LogP contribution in [-0.4, -0.2) is 9.78 Å². The molecule has 86 valence electrons. The Balaban J connectivity index is 2.29. The zero-order valence-corrected chi connectivity index (χ0v) is 9.73. The van der Waals surface area contributed by atoms with Crippen LogP contribution in [0, 0.1) is 18.3 Å². The topological polar surface area (TPSA) is 79.7 Å². The van der Waals surface area contributed by atoms with Crippen LogP contribution in [0.15, 0.2) is 24.3 Å². The van der Waals surface area contributed by atoms with E-state index in [-0.39, 0.29) is 0 Å². The molecule has 0 amide bonds. The molecule has 5 heteroatoms. The lowest BCUT2D eigenvalue weighted by Gasteiger charge is -2.07. The van der Waals surface area contributed by atoms with Crippen molar-refractivity contribution in [3.8, 4) is 6.07 Å². The number of anilines is 3. The zero-order valence-electron chi connectivity index (χ0n) is 9.73. The Kier molecular flexibility index (Phi) is 2.71. The van der Waals surface area contributed by atoms with E-state index < -0.39 is 0 Å². The van der Waals surface area contributed by atoms with Gasteiger partial charge in [-0.2, -0.15) is 10.4 Å². The average molecular weight is 227 g/mol. The van der Waals surface area contributed by atoms with Crippen molar-refractivity contribution >= 4 is 17.2 Å². The van der Waals surface area contributed by atoms with Gasteiger partial charge in [0.15, 0.2) is 5.82 Å². The molecule has 0 aliphatic heterocycles. The summed E-state index contributed by atoms with van der Waals surface area (Å²) in [5.41, 5.74) is 8.84. The second kappa shape index (κ2) is 4.18. The van der Waals surface area contributed by atoms with Crippen LogP contribution < -0.4 is 11.1 Å². The number of hydrogen-bond acceptors (Lipinski definition) is 4. The van der Waals surface area contributed by atoms with Crippen LogP contribution in [0.25, 0.3) is 0 Å². The molecule has 1 aromatic carbocycles. The smallest absolute Gasteiger partial charge is 0.152 e. The molecular formula is C12H13N5. The van der Waals surface area contributed by atoms with Gasteiger partial charge in [-0.3, -0.25) is 4.68 Å². The van der Waals surface area contributed by atoms with E-state index in [1.165, 1.54) is 0 Å². The fraction of sp³-hybridized carbons (Fsp3) is 0.167. The molecule has 0 saturated heterocycles. The van der Waals surface area contributed by atoms with Gasteiger partial charge in [0.25, 0.3) is 0 Å². The van der Waals surface area contributed by atoms with Gasteiger partial charge in [0.2, 0.25) is 0 Å². The Morgan fingerprint density at radius 1 is 1.35 bits per heavy atom. The zero-order chi connectivity index (χ0) is 12.4. The summed E-state index contributed by atoms with van der Waals surface area (Å²) in [5.74, 6) is 0.757. The summed E-state index contributed by atoms with van der Waals surface area (Å²) in [6.45, 7) is 1.86. The molecule has 17 heavy (non-hydrogen) atoms. The maximum absolute atomic E-state index is 8.71. The van der Waals surface area contributed by atoms with Crippen LogP contribution in [0.5, 0.6) is 0 Å². The highest BCUT2D eigenvalue weighted by molar-refractivity contribution is 5.71. The van der Waals surface area contributed by atoms with Crippen LogP contribution in [0.1, 0.15) is 11.3 Å². The first-order valence-electron chi connectivity index (χ1n) is 5.18. The summed E-state index contributed by atoms with van der Waals surface area (Å²) in [6, 6.07) is 9.25. The van der Waals surface area contributed by atoms with Crippen molar-refractivity contribution in [2.45, 2.75) is 6.92 Å². The van der Waals surface area contributed by atoms with Crippen LogP contribution in [0.3, 0.4) is 0 Å². The molecule has 5 nitrogen and oxygen atoms in total. The van der Waals surface area contributed by atoms with Crippen LogP contribution in [0.2, 0.25) is 0 Å². The number of rotatable bonds is 2. The number of nitrogens with two attached hydrogens (primary N) is 1. The predicted octanol–water partition coefficient (Wildman–Crippen LogP) is 1.93. The molecule has 0 unspecified atom stereocenters. The summed E-state index contributed by atoms with van der Waals surface area (Å²) in [5, 5.41) is 16.1. The molecule has 1 heterocycles. The molecule has 2 rings (SSSR count). The third kappa shape index (κ3) is 2.06. The molecular weight excluding hydrogens is 214 g/mol. The fourth-order valence-electron chi connectivity index (χ4n) is 1.59.